The Morgan fingerprint density at radius 3 is 1.85 bits per heavy atom. The summed E-state index contributed by atoms with van der Waals surface area (Å²) in [5.41, 5.74) is 14.1. The topological polar surface area (TPSA) is 51.6 Å². The van der Waals surface area contributed by atoms with Crippen LogP contribution in [-0.4, -0.2) is 19.9 Å². The first kappa shape index (κ1) is 37.6. The Labute approximate surface area is 350 Å². The standard InChI is InChI=1S/C54H42N4S/c1-3-45-47-31-30-43(46-27-16-23-38-26-17-32-55-51(38)46)36-49(47)48-35-42(29-28-37(48)18-9-5-6-14-33-59-50(45)4-2)41-24-15-25-44(34-41)54-57-52(39-19-10-7-11-20-39)56-53(58-54)40-21-12-8-13-22-40/h3-4,7-36H,5-6H2,1-2H3/b18-9+,33-14+,45-3-,50-4+. The maximum atomic E-state index is 5.04. The lowest BCUT2D eigenvalue weighted by atomic mass is 9.86. The van der Waals surface area contributed by atoms with Crippen LogP contribution in [0, 0.1) is 0 Å². The minimum Gasteiger partial charge on any atom is -0.256 e. The van der Waals surface area contributed by atoms with E-state index in [1.807, 2.05) is 72.9 Å². The number of pyridine rings is 1. The van der Waals surface area contributed by atoms with Crippen LogP contribution in [-0.2, 0) is 0 Å². The molecule has 0 saturated heterocycles. The van der Waals surface area contributed by atoms with Gasteiger partial charge in [0.15, 0.2) is 17.5 Å². The highest BCUT2D eigenvalue weighted by Crippen LogP contribution is 2.43. The van der Waals surface area contributed by atoms with Crippen LogP contribution in [0.5, 0.6) is 0 Å². The monoisotopic (exact) mass is 778 g/mol. The summed E-state index contributed by atoms with van der Waals surface area (Å²) in [6, 6.07) is 53.1. The molecule has 0 saturated carbocycles. The molecule has 6 aromatic carbocycles. The van der Waals surface area contributed by atoms with Gasteiger partial charge in [-0.05, 0) is 101 Å². The Hall–Kier alpha value is -6.95. The Kier molecular flexibility index (Phi) is 11.0. The second-order valence-corrected chi connectivity index (χ2v) is 15.3. The first-order valence-electron chi connectivity index (χ1n) is 20.1. The summed E-state index contributed by atoms with van der Waals surface area (Å²) in [5.74, 6) is 1.92. The van der Waals surface area contributed by atoms with Crippen LogP contribution in [0.1, 0.15) is 37.8 Å². The highest BCUT2D eigenvalue weighted by molar-refractivity contribution is 8.06. The number of nitrogens with zero attached hydrogens (tertiary/aromatic N) is 4. The molecule has 284 valence electrons. The molecule has 9 rings (SSSR count). The van der Waals surface area contributed by atoms with E-state index in [0.29, 0.717) is 17.5 Å². The normalized spacial score (nSPS) is 15.4. The Balaban J connectivity index is 1.23. The van der Waals surface area contributed by atoms with Crippen LogP contribution in [0.25, 0.3) is 90.1 Å². The number of hydrogen-bond acceptors (Lipinski definition) is 5. The summed E-state index contributed by atoms with van der Waals surface area (Å²) < 4.78 is 0. The van der Waals surface area contributed by atoms with E-state index < -0.39 is 0 Å². The van der Waals surface area contributed by atoms with Crippen LogP contribution in [0.15, 0.2) is 192 Å². The van der Waals surface area contributed by atoms with E-state index in [0.717, 1.165) is 62.7 Å². The van der Waals surface area contributed by atoms with Gasteiger partial charge in [0.2, 0.25) is 0 Å². The average molecular weight is 779 g/mol. The van der Waals surface area contributed by atoms with Crippen molar-refractivity contribution >= 4 is 34.3 Å². The van der Waals surface area contributed by atoms with E-state index in [4.69, 9.17) is 19.9 Å². The van der Waals surface area contributed by atoms with Gasteiger partial charge in [0.25, 0.3) is 0 Å². The molecule has 8 aromatic rings. The zero-order chi connectivity index (χ0) is 40.0. The van der Waals surface area contributed by atoms with Crippen molar-refractivity contribution in [1.82, 2.24) is 19.9 Å². The van der Waals surface area contributed by atoms with Crippen molar-refractivity contribution < 1.29 is 0 Å². The van der Waals surface area contributed by atoms with E-state index >= 15 is 0 Å². The Morgan fingerprint density at radius 1 is 0.475 bits per heavy atom. The molecule has 0 unspecified atom stereocenters. The zero-order valence-electron chi connectivity index (χ0n) is 33.1. The van der Waals surface area contributed by atoms with Crippen LogP contribution < -0.4 is 0 Å². The summed E-state index contributed by atoms with van der Waals surface area (Å²) >= 11 is 1.78. The van der Waals surface area contributed by atoms with Gasteiger partial charge >= 0.3 is 0 Å². The molecule has 1 aliphatic heterocycles. The van der Waals surface area contributed by atoms with Crippen molar-refractivity contribution in [3.05, 3.63) is 204 Å². The fourth-order valence-corrected chi connectivity index (χ4v) is 8.58. The molecular weight excluding hydrogens is 737 g/mol. The summed E-state index contributed by atoms with van der Waals surface area (Å²) in [5, 5.41) is 3.36. The number of benzene rings is 6. The molecule has 0 amide bonds. The van der Waals surface area contributed by atoms with Crippen molar-refractivity contribution in [3.63, 3.8) is 0 Å². The van der Waals surface area contributed by atoms with Gasteiger partial charge in [0.1, 0.15) is 0 Å². The molecule has 2 aromatic heterocycles. The van der Waals surface area contributed by atoms with Gasteiger partial charge in [0, 0.05) is 38.7 Å². The van der Waals surface area contributed by atoms with E-state index in [1.165, 1.54) is 32.7 Å². The lowest BCUT2D eigenvalue weighted by Crippen LogP contribution is -2.00. The molecule has 0 atom stereocenters. The Bertz CT molecular complexity index is 2860. The van der Waals surface area contributed by atoms with Crippen molar-refractivity contribution in [1.29, 1.82) is 0 Å². The molecule has 1 aliphatic rings. The van der Waals surface area contributed by atoms with Crippen molar-refractivity contribution in [2.24, 2.45) is 0 Å². The number of aromatic nitrogens is 4. The number of fused-ring (bicyclic) bond motifs is 4. The van der Waals surface area contributed by atoms with Crippen LogP contribution in [0.3, 0.4) is 0 Å². The molecule has 0 spiro atoms. The van der Waals surface area contributed by atoms with Gasteiger partial charge < -0.3 is 0 Å². The smallest absolute Gasteiger partial charge is 0.164 e. The van der Waals surface area contributed by atoms with Gasteiger partial charge in [-0.2, -0.15) is 0 Å². The van der Waals surface area contributed by atoms with E-state index in [2.05, 4.69) is 135 Å². The molecule has 0 N–H and O–H groups in total. The molecule has 0 aliphatic carbocycles. The quantitative estimate of drug-likeness (QED) is 0.174. The zero-order valence-corrected chi connectivity index (χ0v) is 33.9. The third-order valence-electron chi connectivity index (χ3n) is 10.7. The average Bonchev–Trinajstić information content (AvgIpc) is 3.32. The predicted molar refractivity (Wildman–Crippen MR) is 250 cm³/mol. The van der Waals surface area contributed by atoms with Gasteiger partial charge in [0.05, 0.1) is 5.52 Å². The number of para-hydroxylation sites is 1. The molecule has 59 heavy (non-hydrogen) atoms. The van der Waals surface area contributed by atoms with E-state index in [9.17, 15) is 0 Å². The SMILES string of the molecule is C/C=C1\C(=C/C)S/C=C/CC/C=C/c2ccc(-c3cccc(-c4nc(-c5ccccc5)nc(-c5ccccc5)n4)c3)cc2-c2cc(-c3cccc4cccnc34)ccc21. The number of allylic oxidation sites excluding steroid dienone is 5. The summed E-state index contributed by atoms with van der Waals surface area (Å²) in [6.07, 6.45) is 15.2. The third-order valence-corrected chi connectivity index (χ3v) is 11.7. The van der Waals surface area contributed by atoms with E-state index in [-0.39, 0.29) is 0 Å². The third kappa shape index (κ3) is 7.98. The fraction of sp³-hybridized carbons (Fsp3) is 0.0741. The Morgan fingerprint density at radius 2 is 1.10 bits per heavy atom. The molecule has 0 bridgehead atoms. The van der Waals surface area contributed by atoms with Gasteiger partial charge in [-0.15, -0.1) is 0 Å². The van der Waals surface area contributed by atoms with Crippen molar-refractivity contribution in [2.75, 3.05) is 0 Å². The molecule has 0 radical (unpaired) electrons. The van der Waals surface area contributed by atoms with Crippen molar-refractivity contribution in [2.45, 2.75) is 26.7 Å². The minimum absolute atomic E-state index is 0.631. The molecular formula is C54H42N4S. The number of rotatable bonds is 5. The predicted octanol–water partition coefficient (Wildman–Crippen LogP) is 14.8. The van der Waals surface area contributed by atoms with Crippen molar-refractivity contribution in [3.8, 4) is 67.5 Å². The van der Waals surface area contributed by atoms with Gasteiger partial charge in [-0.3, -0.25) is 4.98 Å². The summed E-state index contributed by atoms with van der Waals surface area (Å²) in [6.45, 7) is 4.27. The number of hydrogen-bond donors (Lipinski definition) is 0. The highest BCUT2D eigenvalue weighted by atomic mass is 32.2. The molecule has 4 nitrogen and oxygen atoms in total. The first-order chi connectivity index (χ1) is 29.2. The second kappa shape index (κ2) is 17.3. The molecule has 0 fully saturated rings. The maximum absolute atomic E-state index is 5.04. The maximum Gasteiger partial charge on any atom is 0.164 e. The largest absolute Gasteiger partial charge is 0.256 e. The molecule has 5 heteroatoms. The minimum atomic E-state index is 0.631. The molecule has 3 heterocycles. The highest BCUT2D eigenvalue weighted by Gasteiger charge is 2.19. The van der Waals surface area contributed by atoms with Gasteiger partial charge in [-0.1, -0.05) is 170 Å². The second-order valence-electron chi connectivity index (χ2n) is 14.4. The van der Waals surface area contributed by atoms with E-state index in [1.54, 1.807) is 11.8 Å². The summed E-state index contributed by atoms with van der Waals surface area (Å²) in [7, 11) is 0. The summed E-state index contributed by atoms with van der Waals surface area (Å²) in [4.78, 5) is 21.1. The lowest BCUT2D eigenvalue weighted by molar-refractivity contribution is 1.06. The van der Waals surface area contributed by atoms with Gasteiger partial charge in [-0.25, -0.2) is 15.0 Å². The fourth-order valence-electron chi connectivity index (χ4n) is 7.71. The lowest BCUT2D eigenvalue weighted by Gasteiger charge is -2.19. The van der Waals surface area contributed by atoms with Crippen LogP contribution in [0.2, 0.25) is 0 Å². The first-order valence-corrected chi connectivity index (χ1v) is 21.0. The number of thioether (sulfide) groups is 1. The van der Waals surface area contributed by atoms with Crippen LogP contribution in [0.4, 0.5) is 0 Å². The van der Waals surface area contributed by atoms with Crippen LogP contribution >= 0.6 is 11.8 Å².